The minimum absolute atomic E-state index is 0.0380. The zero-order valence-electron chi connectivity index (χ0n) is 11.1. The molecule has 10 heteroatoms. The van der Waals surface area contributed by atoms with Crippen molar-refractivity contribution < 1.29 is 14.7 Å². The van der Waals surface area contributed by atoms with Gasteiger partial charge in [-0.25, -0.2) is 5.84 Å². The lowest BCUT2D eigenvalue weighted by Gasteiger charge is -1.96. The third-order valence-electron chi connectivity index (χ3n) is 2.77. The number of nitrogens with one attached hydrogen (secondary N) is 2. The highest BCUT2D eigenvalue weighted by molar-refractivity contribution is 6.38. The van der Waals surface area contributed by atoms with Crippen molar-refractivity contribution in [1.29, 1.82) is 0 Å². The van der Waals surface area contributed by atoms with Crippen molar-refractivity contribution in [3.05, 3.63) is 22.2 Å². The van der Waals surface area contributed by atoms with E-state index in [2.05, 4.69) is 15.2 Å². The number of nitrogens with zero attached hydrogens (tertiary/aromatic N) is 2. The van der Waals surface area contributed by atoms with Crippen molar-refractivity contribution in [1.82, 2.24) is 10.4 Å². The van der Waals surface area contributed by atoms with Crippen molar-refractivity contribution in [2.75, 3.05) is 0 Å². The Morgan fingerprint density at radius 1 is 1.32 bits per heavy atom. The fourth-order valence-corrected chi connectivity index (χ4v) is 2.28. The molecule has 2 amide bonds. The molecule has 0 saturated carbocycles. The van der Waals surface area contributed by atoms with Gasteiger partial charge in [0.05, 0.1) is 10.5 Å². The zero-order chi connectivity index (χ0) is 16.3. The van der Waals surface area contributed by atoms with E-state index in [-0.39, 0.29) is 24.4 Å². The van der Waals surface area contributed by atoms with E-state index < -0.39 is 11.8 Å². The van der Waals surface area contributed by atoms with Gasteiger partial charge in [0.2, 0.25) is 11.8 Å². The molecule has 0 atom stereocenters. The fourth-order valence-electron chi connectivity index (χ4n) is 1.74. The molecule has 0 bridgehead atoms. The molecule has 2 rings (SSSR count). The average molecular weight is 344 g/mol. The summed E-state index contributed by atoms with van der Waals surface area (Å²) < 4.78 is 0. The number of hydrogen-bond acceptors (Lipinski definition) is 5. The van der Waals surface area contributed by atoms with Gasteiger partial charge in [0.25, 0.3) is 5.91 Å². The van der Waals surface area contributed by atoms with Crippen LogP contribution in [0.1, 0.15) is 12.8 Å². The Kier molecular flexibility index (Phi) is 4.96. The summed E-state index contributed by atoms with van der Waals surface area (Å²) in [6, 6.07) is 3.03. The van der Waals surface area contributed by atoms with Crippen LogP contribution in [0.3, 0.4) is 0 Å². The molecule has 5 N–H and O–H groups in total. The summed E-state index contributed by atoms with van der Waals surface area (Å²) in [5.41, 5.74) is 2.36. The Bertz CT molecular complexity index is 772. The van der Waals surface area contributed by atoms with Gasteiger partial charge in [0.15, 0.2) is 5.69 Å². The normalized spacial score (nSPS) is 11.2. The van der Waals surface area contributed by atoms with E-state index in [4.69, 9.17) is 29.0 Å². The first kappa shape index (κ1) is 16.2. The summed E-state index contributed by atoms with van der Waals surface area (Å²) in [5.74, 6) is 3.47. The van der Waals surface area contributed by atoms with Gasteiger partial charge >= 0.3 is 0 Å². The van der Waals surface area contributed by atoms with Crippen LogP contribution in [-0.4, -0.2) is 21.9 Å². The zero-order valence-corrected chi connectivity index (χ0v) is 12.6. The van der Waals surface area contributed by atoms with E-state index in [0.717, 1.165) is 0 Å². The summed E-state index contributed by atoms with van der Waals surface area (Å²) in [5, 5.41) is 18.0. The minimum atomic E-state index is -0.634. The highest BCUT2D eigenvalue weighted by atomic mass is 35.5. The summed E-state index contributed by atoms with van der Waals surface area (Å²) >= 11 is 11.9. The van der Waals surface area contributed by atoms with Crippen LogP contribution >= 0.6 is 23.2 Å². The van der Waals surface area contributed by atoms with E-state index >= 15 is 0 Å². The molecule has 0 aliphatic carbocycles. The van der Waals surface area contributed by atoms with E-state index in [9.17, 15) is 14.7 Å². The van der Waals surface area contributed by atoms with Crippen molar-refractivity contribution in [2.45, 2.75) is 12.8 Å². The standard InChI is InChI=1S/C12H11Cl2N5O3/c13-5-3-6-10(7(14)4-5)16-12(22)11(6)19-18-9(21)2-1-8(20)17-15/h3-4,16,22H,1-2,15H2,(H,17,20). The van der Waals surface area contributed by atoms with E-state index in [0.29, 0.717) is 20.9 Å². The number of H-pyrrole nitrogens is 1. The number of amides is 2. The molecular formula is C12H11Cl2N5O3. The largest absolute Gasteiger partial charge is 0.493 e. The van der Waals surface area contributed by atoms with E-state index in [1.54, 1.807) is 0 Å². The number of hydrazine groups is 1. The average Bonchev–Trinajstić information content (AvgIpc) is 2.78. The molecule has 22 heavy (non-hydrogen) atoms. The molecule has 1 aromatic heterocycles. The topological polar surface area (TPSA) is 133 Å². The van der Waals surface area contributed by atoms with Crippen LogP contribution in [0.2, 0.25) is 10.0 Å². The van der Waals surface area contributed by atoms with Crippen LogP contribution in [-0.2, 0) is 9.59 Å². The van der Waals surface area contributed by atoms with Crippen LogP contribution in [0.5, 0.6) is 5.88 Å². The van der Waals surface area contributed by atoms with Crippen molar-refractivity contribution in [3.8, 4) is 5.88 Å². The molecule has 2 aromatic rings. The Morgan fingerprint density at radius 2 is 2.05 bits per heavy atom. The maximum absolute atomic E-state index is 11.5. The molecule has 116 valence electrons. The molecule has 0 aliphatic rings. The van der Waals surface area contributed by atoms with Crippen molar-refractivity contribution in [3.63, 3.8) is 0 Å². The second-order valence-electron chi connectivity index (χ2n) is 4.29. The molecule has 8 nitrogen and oxygen atoms in total. The first-order valence-electron chi connectivity index (χ1n) is 6.06. The smallest absolute Gasteiger partial charge is 0.265 e. The van der Waals surface area contributed by atoms with Crippen LogP contribution in [0.15, 0.2) is 22.4 Å². The van der Waals surface area contributed by atoms with Gasteiger partial charge in [-0.1, -0.05) is 23.2 Å². The Morgan fingerprint density at radius 3 is 2.73 bits per heavy atom. The quantitative estimate of drug-likeness (QED) is 0.293. The maximum atomic E-state index is 11.5. The summed E-state index contributed by atoms with van der Waals surface area (Å²) in [6.07, 6.45) is -0.261. The summed E-state index contributed by atoms with van der Waals surface area (Å²) in [4.78, 5) is 25.1. The molecule has 0 saturated heterocycles. The number of fused-ring (bicyclic) bond motifs is 1. The molecular weight excluding hydrogens is 333 g/mol. The van der Waals surface area contributed by atoms with Gasteiger partial charge in [-0.15, -0.1) is 10.2 Å². The monoisotopic (exact) mass is 343 g/mol. The van der Waals surface area contributed by atoms with Crippen molar-refractivity contribution >= 4 is 51.6 Å². The number of hydrogen-bond donors (Lipinski definition) is 4. The second-order valence-corrected chi connectivity index (χ2v) is 5.14. The predicted molar refractivity (Wildman–Crippen MR) is 81.1 cm³/mol. The number of carbonyl (C=O) groups excluding carboxylic acids is 2. The minimum Gasteiger partial charge on any atom is -0.493 e. The lowest BCUT2D eigenvalue weighted by Crippen LogP contribution is -2.30. The van der Waals surface area contributed by atoms with E-state index in [1.807, 2.05) is 5.43 Å². The highest BCUT2D eigenvalue weighted by Gasteiger charge is 2.14. The number of aromatic hydroxyl groups is 1. The number of azo groups is 1. The number of aromatic nitrogens is 1. The van der Waals surface area contributed by atoms with Crippen LogP contribution in [0.4, 0.5) is 5.69 Å². The molecule has 0 fully saturated rings. The molecule has 1 aromatic carbocycles. The number of rotatable bonds is 4. The lowest BCUT2D eigenvalue weighted by atomic mass is 10.2. The van der Waals surface area contributed by atoms with Crippen molar-refractivity contribution in [2.24, 2.45) is 16.1 Å². The molecule has 0 radical (unpaired) electrons. The first-order chi connectivity index (χ1) is 10.4. The van der Waals surface area contributed by atoms with Gasteiger partial charge in [-0.2, -0.15) is 0 Å². The fraction of sp³-hybridized carbons (Fsp3) is 0.167. The van der Waals surface area contributed by atoms with Crippen LogP contribution in [0.25, 0.3) is 10.9 Å². The van der Waals surface area contributed by atoms with Gasteiger partial charge in [0, 0.05) is 23.3 Å². The van der Waals surface area contributed by atoms with Gasteiger partial charge in [0.1, 0.15) is 0 Å². The third-order valence-corrected chi connectivity index (χ3v) is 3.28. The Hall–Kier alpha value is -2.16. The lowest BCUT2D eigenvalue weighted by molar-refractivity contribution is -0.125. The SMILES string of the molecule is NNC(=O)CCC(=O)N=Nc1c(O)[nH]c2c(Cl)cc(Cl)cc12. The van der Waals surface area contributed by atoms with Gasteiger partial charge in [-0.3, -0.25) is 15.0 Å². The number of aromatic amines is 1. The molecule has 0 spiro atoms. The van der Waals surface area contributed by atoms with Crippen LogP contribution < -0.4 is 11.3 Å². The third kappa shape index (κ3) is 3.53. The Balaban J connectivity index is 2.24. The number of halogens is 2. The van der Waals surface area contributed by atoms with E-state index in [1.165, 1.54) is 12.1 Å². The molecule has 0 unspecified atom stereocenters. The molecule has 0 aliphatic heterocycles. The number of benzene rings is 1. The predicted octanol–water partition coefficient (Wildman–Crippen LogP) is 2.56. The second kappa shape index (κ2) is 6.73. The van der Waals surface area contributed by atoms with Gasteiger partial charge in [-0.05, 0) is 12.1 Å². The molecule has 1 heterocycles. The number of nitrogens with two attached hydrogens (primary N) is 1. The van der Waals surface area contributed by atoms with Crippen LogP contribution in [0, 0.1) is 0 Å². The van der Waals surface area contributed by atoms with Gasteiger partial charge < -0.3 is 10.1 Å². The summed E-state index contributed by atoms with van der Waals surface area (Å²) in [6.45, 7) is 0. The first-order valence-corrected chi connectivity index (χ1v) is 6.81. The number of carbonyl (C=O) groups is 2. The summed E-state index contributed by atoms with van der Waals surface area (Å²) in [7, 11) is 0. The highest BCUT2D eigenvalue weighted by Crippen LogP contribution is 2.40. The maximum Gasteiger partial charge on any atom is 0.265 e. The Labute approximate surface area is 134 Å².